The van der Waals surface area contributed by atoms with E-state index in [0.29, 0.717) is 0 Å². The Kier molecular flexibility index (Phi) is 1.92. The molecule has 0 fully saturated rings. The monoisotopic (exact) mass is 171 g/mol. The van der Waals surface area contributed by atoms with Crippen LogP contribution < -0.4 is 5.84 Å². The topological polar surface area (TPSA) is 51.3 Å². The average Bonchev–Trinajstić information content (AvgIpc) is 2.19. The van der Waals surface area contributed by atoms with Gasteiger partial charge in [-0.25, -0.2) is 0 Å². The van der Waals surface area contributed by atoms with Crippen LogP contribution in [0.4, 0.5) is 0 Å². The summed E-state index contributed by atoms with van der Waals surface area (Å²) >= 11 is 0. The molecule has 64 valence electrons. The normalized spacial score (nSPS) is 11.1. The molecular weight excluding hydrogens is 162 g/mol. The van der Waals surface area contributed by atoms with E-state index in [-0.39, 0.29) is 0 Å². The molecule has 0 atom stereocenters. The summed E-state index contributed by atoms with van der Waals surface area (Å²) in [5.74, 6) is 5.10. The van der Waals surface area contributed by atoms with Crippen LogP contribution in [0.1, 0.15) is 5.56 Å². The lowest BCUT2D eigenvalue weighted by Gasteiger charge is -1.98. The first kappa shape index (κ1) is 7.73. The number of pyridine rings is 1. The minimum absolute atomic E-state index is 0.958. The standard InChI is InChI=1S/C10H9N3/c11-13-7-8-5-6-12-10-4-2-1-3-9(8)10/h1-7H,11H2. The highest BCUT2D eigenvalue weighted by Gasteiger charge is 1.96. The van der Waals surface area contributed by atoms with Gasteiger partial charge in [0, 0.05) is 17.1 Å². The van der Waals surface area contributed by atoms with Crippen molar-refractivity contribution in [1.29, 1.82) is 0 Å². The van der Waals surface area contributed by atoms with Gasteiger partial charge in [0.2, 0.25) is 0 Å². The predicted octanol–water partition coefficient (Wildman–Crippen LogP) is 1.53. The van der Waals surface area contributed by atoms with Gasteiger partial charge in [-0.1, -0.05) is 18.2 Å². The van der Waals surface area contributed by atoms with Crippen molar-refractivity contribution in [2.75, 3.05) is 0 Å². The van der Waals surface area contributed by atoms with Gasteiger partial charge in [0.25, 0.3) is 0 Å². The van der Waals surface area contributed by atoms with Gasteiger partial charge in [-0.2, -0.15) is 5.10 Å². The van der Waals surface area contributed by atoms with E-state index in [1.165, 1.54) is 0 Å². The number of nitrogens with zero attached hydrogens (tertiary/aromatic N) is 2. The zero-order valence-corrected chi connectivity index (χ0v) is 7.01. The lowest BCUT2D eigenvalue weighted by molar-refractivity contribution is 1.26. The zero-order valence-electron chi connectivity index (χ0n) is 7.01. The third-order valence-corrected chi connectivity index (χ3v) is 1.90. The van der Waals surface area contributed by atoms with Crippen LogP contribution in [0.3, 0.4) is 0 Å². The van der Waals surface area contributed by atoms with Gasteiger partial charge < -0.3 is 5.84 Å². The molecule has 1 aromatic heterocycles. The van der Waals surface area contributed by atoms with Gasteiger partial charge in [0.15, 0.2) is 0 Å². The Morgan fingerprint density at radius 3 is 2.92 bits per heavy atom. The number of hydrazone groups is 1. The summed E-state index contributed by atoms with van der Waals surface area (Å²) in [6.07, 6.45) is 3.38. The molecule has 0 spiro atoms. The molecular formula is C10H9N3. The Labute approximate surface area is 75.9 Å². The highest BCUT2D eigenvalue weighted by atomic mass is 15.1. The predicted molar refractivity (Wildman–Crippen MR) is 53.5 cm³/mol. The first-order chi connectivity index (χ1) is 6.42. The molecule has 0 radical (unpaired) electrons. The third kappa shape index (κ3) is 1.36. The molecule has 3 nitrogen and oxygen atoms in total. The minimum atomic E-state index is 0.958. The highest BCUT2D eigenvalue weighted by Crippen LogP contribution is 2.13. The van der Waals surface area contributed by atoms with Crippen LogP contribution in [-0.4, -0.2) is 11.2 Å². The van der Waals surface area contributed by atoms with Gasteiger partial charge in [0.1, 0.15) is 0 Å². The molecule has 0 aliphatic rings. The van der Waals surface area contributed by atoms with Gasteiger partial charge in [0.05, 0.1) is 11.7 Å². The fourth-order valence-electron chi connectivity index (χ4n) is 1.31. The molecule has 1 aromatic carbocycles. The molecule has 2 aromatic rings. The molecule has 0 saturated heterocycles. The van der Waals surface area contributed by atoms with Crippen molar-refractivity contribution < 1.29 is 0 Å². The number of rotatable bonds is 1. The molecule has 2 N–H and O–H groups in total. The van der Waals surface area contributed by atoms with Crippen molar-refractivity contribution in [3.63, 3.8) is 0 Å². The number of hydrogen-bond acceptors (Lipinski definition) is 3. The number of para-hydroxylation sites is 1. The summed E-state index contributed by atoms with van der Waals surface area (Å²) < 4.78 is 0. The Morgan fingerprint density at radius 2 is 2.08 bits per heavy atom. The van der Waals surface area contributed by atoms with Gasteiger partial charge in [-0.15, -0.1) is 0 Å². The number of aromatic nitrogens is 1. The smallest absolute Gasteiger partial charge is 0.0708 e. The van der Waals surface area contributed by atoms with Crippen molar-refractivity contribution in [2.24, 2.45) is 10.9 Å². The van der Waals surface area contributed by atoms with Crippen molar-refractivity contribution in [1.82, 2.24) is 4.98 Å². The van der Waals surface area contributed by atoms with Gasteiger partial charge in [-0.05, 0) is 12.1 Å². The van der Waals surface area contributed by atoms with Crippen LogP contribution in [0, 0.1) is 0 Å². The summed E-state index contributed by atoms with van der Waals surface area (Å²) in [4.78, 5) is 4.22. The summed E-state index contributed by atoms with van der Waals surface area (Å²) in [7, 11) is 0. The minimum Gasteiger partial charge on any atom is -0.323 e. The summed E-state index contributed by atoms with van der Waals surface area (Å²) in [5.41, 5.74) is 1.95. The molecule has 0 saturated carbocycles. The van der Waals surface area contributed by atoms with E-state index in [1.807, 2.05) is 30.3 Å². The van der Waals surface area contributed by atoms with E-state index >= 15 is 0 Å². The van der Waals surface area contributed by atoms with Crippen LogP contribution in [0.25, 0.3) is 10.9 Å². The Hall–Kier alpha value is -1.90. The van der Waals surface area contributed by atoms with Crippen molar-refractivity contribution in [3.05, 3.63) is 42.1 Å². The maximum absolute atomic E-state index is 5.10. The second-order valence-corrected chi connectivity index (χ2v) is 2.70. The van der Waals surface area contributed by atoms with E-state index in [2.05, 4.69) is 10.1 Å². The van der Waals surface area contributed by atoms with Crippen LogP contribution in [0.5, 0.6) is 0 Å². The fraction of sp³-hybridized carbons (Fsp3) is 0. The van der Waals surface area contributed by atoms with Crippen molar-refractivity contribution >= 4 is 17.1 Å². The average molecular weight is 171 g/mol. The van der Waals surface area contributed by atoms with Crippen LogP contribution >= 0.6 is 0 Å². The third-order valence-electron chi connectivity index (χ3n) is 1.90. The maximum atomic E-state index is 5.10. The summed E-state index contributed by atoms with van der Waals surface area (Å²) in [6.45, 7) is 0. The lowest BCUT2D eigenvalue weighted by atomic mass is 10.1. The van der Waals surface area contributed by atoms with E-state index in [0.717, 1.165) is 16.5 Å². The van der Waals surface area contributed by atoms with Crippen LogP contribution in [0.2, 0.25) is 0 Å². The Morgan fingerprint density at radius 1 is 1.23 bits per heavy atom. The SMILES string of the molecule is NN=Cc1ccnc2ccccc12. The molecule has 1 heterocycles. The Balaban J connectivity index is 2.75. The maximum Gasteiger partial charge on any atom is 0.0708 e. The summed E-state index contributed by atoms with van der Waals surface area (Å²) in [6, 6.07) is 9.78. The second-order valence-electron chi connectivity index (χ2n) is 2.70. The van der Waals surface area contributed by atoms with Crippen molar-refractivity contribution in [2.45, 2.75) is 0 Å². The zero-order chi connectivity index (χ0) is 9.10. The number of fused-ring (bicyclic) bond motifs is 1. The first-order valence-electron chi connectivity index (χ1n) is 3.99. The van der Waals surface area contributed by atoms with E-state index in [4.69, 9.17) is 5.84 Å². The molecule has 0 aliphatic carbocycles. The number of hydrogen-bond donors (Lipinski definition) is 1. The molecule has 0 aliphatic heterocycles. The van der Waals surface area contributed by atoms with Crippen LogP contribution in [-0.2, 0) is 0 Å². The lowest BCUT2D eigenvalue weighted by Crippen LogP contribution is -1.89. The van der Waals surface area contributed by atoms with E-state index in [1.54, 1.807) is 12.4 Å². The van der Waals surface area contributed by atoms with Gasteiger partial charge >= 0.3 is 0 Å². The molecule has 3 heteroatoms. The van der Waals surface area contributed by atoms with E-state index < -0.39 is 0 Å². The largest absolute Gasteiger partial charge is 0.323 e. The highest BCUT2D eigenvalue weighted by molar-refractivity contribution is 5.97. The molecule has 0 unspecified atom stereocenters. The second kappa shape index (κ2) is 3.23. The number of benzene rings is 1. The first-order valence-corrected chi connectivity index (χ1v) is 3.99. The molecule has 0 amide bonds. The van der Waals surface area contributed by atoms with Gasteiger partial charge in [-0.3, -0.25) is 4.98 Å². The van der Waals surface area contributed by atoms with E-state index in [9.17, 15) is 0 Å². The Bertz CT molecular complexity index is 443. The quantitative estimate of drug-likeness (QED) is 0.402. The molecule has 13 heavy (non-hydrogen) atoms. The summed E-state index contributed by atoms with van der Waals surface area (Å²) in [5, 5.41) is 4.57. The van der Waals surface area contributed by atoms with Crippen molar-refractivity contribution in [3.8, 4) is 0 Å². The molecule has 2 rings (SSSR count). The molecule has 0 bridgehead atoms. The fourth-order valence-corrected chi connectivity index (χ4v) is 1.31. The van der Waals surface area contributed by atoms with Crippen LogP contribution in [0.15, 0.2) is 41.6 Å². The number of nitrogens with two attached hydrogens (primary N) is 1.